The Hall–Kier alpha value is -2.01. The Morgan fingerprint density at radius 1 is 1.40 bits per heavy atom. The molecule has 0 aliphatic rings. The number of amides is 1. The quantitative estimate of drug-likeness (QED) is 0.877. The number of carbonyl (C=O) groups is 1. The fraction of sp³-hybridized carbons (Fsp3) is 0.286. The van der Waals surface area contributed by atoms with Crippen molar-refractivity contribution >= 4 is 23.4 Å². The van der Waals surface area contributed by atoms with Crippen molar-refractivity contribution in [2.45, 2.75) is 26.4 Å². The van der Waals surface area contributed by atoms with Crippen LogP contribution in [-0.4, -0.2) is 21.7 Å². The molecule has 0 saturated heterocycles. The van der Waals surface area contributed by atoms with Crippen LogP contribution in [0, 0.1) is 0 Å². The van der Waals surface area contributed by atoms with Gasteiger partial charge in [-0.2, -0.15) is 0 Å². The predicted octanol–water partition coefficient (Wildman–Crippen LogP) is 4.08. The number of benzene rings is 1. The first-order chi connectivity index (χ1) is 9.35. The summed E-state index contributed by atoms with van der Waals surface area (Å²) in [5.41, 5.74) is 1.68. The van der Waals surface area contributed by atoms with E-state index in [1.165, 1.54) is 0 Å². The van der Waals surface area contributed by atoms with Crippen LogP contribution in [0.15, 0.2) is 30.7 Å². The third-order valence-corrected chi connectivity index (χ3v) is 2.72. The largest absolute Gasteiger partial charge is 0.444 e. The highest BCUT2D eigenvalue weighted by Crippen LogP contribution is 2.28. The first-order valence-electron chi connectivity index (χ1n) is 6.13. The van der Waals surface area contributed by atoms with Crippen molar-refractivity contribution in [1.29, 1.82) is 0 Å². The van der Waals surface area contributed by atoms with Gasteiger partial charge in [-0.3, -0.25) is 5.32 Å². The third-order valence-electron chi connectivity index (χ3n) is 2.40. The molecule has 2 aromatic rings. The monoisotopic (exact) mass is 293 g/mol. The van der Waals surface area contributed by atoms with Crippen LogP contribution in [0.5, 0.6) is 0 Å². The minimum absolute atomic E-state index is 0.511. The molecular formula is C14H16ClN3O2. The van der Waals surface area contributed by atoms with Crippen LogP contribution in [0.4, 0.5) is 10.5 Å². The number of anilines is 1. The van der Waals surface area contributed by atoms with E-state index in [0.717, 1.165) is 11.3 Å². The molecule has 0 aliphatic carbocycles. The lowest BCUT2D eigenvalue weighted by Crippen LogP contribution is -2.27. The van der Waals surface area contributed by atoms with Crippen molar-refractivity contribution in [2.24, 2.45) is 0 Å². The maximum atomic E-state index is 11.7. The zero-order valence-corrected chi connectivity index (χ0v) is 12.3. The number of aromatic amines is 1. The Balaban J connectivity index is 2.12. The highest BCUT2D eigenvalue weighted by atomic mass is 35.5. The number of halogens is 1. The summed E-state index contributed by atoms with van der Waals surface area (Å²) >= 11 is 6.20. The van der Waals surface area contributed by atoms with Crippen LogP contribution < -0.4 is 5.32 Å². The van der Waals surface area contributed by atoms with Crippen LogP contribution in [0.1, 0.15) is 20.8 Å². The zero-order chi connectivity index (χ0) is 14.8. The summed E-state index contributed by atoms with van der Waals surface area (Å²) in [4.78, 5) is 18.6. The fourth-order valence-electron chi connectivity index (χ4n) is 1.64. The summed E-state index contributed by atoms with van der Waals surface area (Å²) < 4.78 is 5.17. The first kappa shape index (κ1) is 14.4. The lowest BCUT2D eigenvalue weighted by Gasteiger charge is -2.19. The number of H-pyrrole nitrogens is 1. The van der Waals surface area contributed by atoms with Gasteiger partial charge in [0.2, 0.25) is 0 Å². The van der Waals surface area contributed by atoms with Crippen molar-refractivity contribution in [3.63, 3.8) is 0 Å². The molecule has 0 saturated carbocycles. The number of aromatic nitrogens is 2. The SMILES string of the molecule is CC(C)(C)OC(=O)Nc1ccc(-c2cnc[nH]2)c(Cl)c1. The number of hydrogen-bond acceptors (Lipinski definition) is 3. The Labute approximate surface area is 122 Å². The molecule has 0 fully saturated rings. The maximum Gasteiger partial charge on any atom is 0.412 e. The molecule has 1 amide bonds. The van der Waals surface area contributed by atoms with Gasteiger partial charge < -0.3 is 9.72 Å². The fourth-order valence-corrected chi connectivity index (χ4v) is 1.92. The Morgan fingerprint density at radius 2 is 2.15 bits per heavy atom. The molecule has 106 valence electrons. The molecule has 0 atom stereocenters. The smallest absolute Gasteiger partial charge is 0.412 e. The topological polar surface area (TPSA) is 67.0 Å². The molecule has 0 aliphatic heterocycles. The summed E-state index contributed by atoms with van der Waals surface area (Å²) in [5, 5.41) is 3.16. The van der Waals surface area contributed by atoms with E-state index in [-0.39, 0.29) is 0 Å². The zero-order valence-electron chi connectivity index (χ0n) is 11.5. The van der Waals surface area contributed by atoms with Gasteiger partial charge in [-0.1, -0.05) is 11.6 Å². The van der Waals surface area contributed by atoms with Gasteiger partial charge in [-0.05, 0) is 39.0 Å². The third kappa shape index (κ3) is 3.74. The van der Waals surface area contributed by atoms with Crippen molar-refractivity contribution in [3.8, 4) is 11.3 Å². The number of hydrogen-bond donors (Lipinski definition) is 2. The lowest BCUT2D eigenvalue weighted by molar-refractivity contribution is 0.0636. The predicted molar refractivity (Wildman–Crippen MR) is 78.9 cm³/mol. The minimum Gasteiger partial charge on any atom is -0.444 e. The van der Waals surface area contributed by atoms with Crippen LogP contribution in [0.3, 0.4) is 0 Å². The van der Waals surface area contributed by atoms with E-state index in [1.54, 1.807) is 45.4 Å². The molecule has 0 spiro atoms. The van der Waals surface area contributed by atoms with E-state index in [1.807, 2.05) is 6.07 Å². The molecule has 1 heterocycles. The van der Waals surface area contributed by atoms with E-state index in [2.05, 4.69) is 15.3 Å². The second-order valence-electron chi connectivity index (χ2n) is 5.29. The Bertz CT molecular complexity index is 603. The lowest BCUT2D eigenvalue weighted by atomic mass is 10.1. The van der Waals surface area contributed by atoms with Gasteiger partial charge in [0, 0.05) is 11.3 Å². The average molecular weight is 294 g/mol. The number of ether oxygens (including phenoxy) is 1. The molecule has 2 rings (SSSR count). The first-order valence-corrected chi connectivity index (χ1v) is 6.51. The molecule has 2 N–H and O–H groups in total. The number of carbonyl (C=O) groups excluding carboxylic acids is 1. The molecular weight excluding hydrogens is 278 g/mol. The highest BCUT2D eigenvalue weighted by molar-refractivity contribution is 6.33. The number of rotatable bonds is 2. The summed E-state index contributed by atoms with van der Waals surface area (Å²) in [6.45, 7) is 5.42. The second kappa shape index (κ2) is 5.54. The van der Waals surface area contributed by atoms with Crippen LogP contribution in [-0.2, 0) is 4.74 Å². The molecule has 0 radical (unpaired) electrons. The number of nitrogens with one attached hydrogen (secondary N) is 2. The number of nitrogens with zero attached hydrogens (tertiary/aromatic N) is 1. The van der Waals surface area contributed by atoms with Gasteiger partial charge in [0.25, 0.3) is 0 Å². The molecule has 0 bridgehead atoms. The summed E-state index contributed by atoms with van der Waals surface area (Å²) in [6, 6.07) is 5.23. The summed E-state index contributed by atoms with van der Waals surface area (Å²) in [7, 11) is 0. The van der Waals surface area contributed by atoms with Gasteiger partial charge in [0.15, 0.2) is 0 Å². The van der Waals surface area contributed by atoms with Crippen molar-refractivity contribution in [3.05, 3.63) is 35.7 Å². The standard InChI is InChI=1S/C14H16ClN3O2/c1-14(2,3)20-13(19)18-9-4-5-10(11(15)6-9)12-7-16-8-17-12/h4-8H,1-3H3,(H,16,17)(H,18,19). The Kier molecular flexibility index (Phi) is 3.99. The van der Waals surface area contributed by atoms with Gasteiger partial charge in [0.05, 0.1) is 23.2 Å². The maximum absolute atomic E-state index is 11.7. The van der Waals surface area contributed by atoms with Gasteiger partial charge in [-0.25, -0.2) is 9.78 Å². The molecule has 5 nitrogen and oxygen atoms in total. The van der Waals surface area contributed by atoms with Gasteiger partial charge in [-0.15, -0.1) is 0 Å². The average Bonchev–Trinajstić information content (AvgIpc) is 2.79. The highest BCUT2D eigenvalue weighted by Gasteiger charge is 2.16. The molecule has 6 heteroatoms. The minimum atomic E-state index is -0.538. The van der Waals surface area contributed by atoms with E-state index in [9.17, 15) is 4.79 Å². The molecule has 0 unspecified atom stereocenters. The second-order valence-corrected chi connectivity index (χ2v) is 5.69. The van der Waals surface area contributed by atoms with Gasteiger partial charge >= 0.3 is 6.09 Å². The van der Waals surface area contributed by atoms with Crippen molar-refractivity contribution in [2.75, 3.05) is 5.32 Å². The van der Waals surface area contributed by atoms with E-state index in [4.69, 9.17) is 16.3 Å². The van der Waals surface area contributed by atoms with Crippen molar-refractivity contribution in [1.82, 2.24) is 9.97 Å². The molecule has 1 aromatic heterocycles. The summed E-state index contributed by atoms with van der Waals surface area (Å²) in [5.74, 6) is 0. The normalized spacial score (nSPS) is 11.2. The summed E-state index contributed by atoms with van der Waals surface area (Å²) in [6.07, 6.45) is 2.75. The van der Waals surface area contributed by atoms with E-state index in [0.29, 0.717) is 10.7 Å². The van der Waals surface area contributed by atoms with Crippen LogP contribution in [0.2, 0.25) is 5.02 Å². The van der Waals surface area contributed by atoms with Gasteiger partial charge in [0.1, 0.15) is 5.60 Å². The number of imidazole rings is 1. The van der Waals surface area contributed by atoms with E-state index < -0.39 is 11.7 Å². The molecule has 1 aromatic carbocycles. The Morgan fingerprint density at radius 3 is 2.70 bits per heavy atom. The van der Waals surface area contributed by atoms with E-state index >= 15 is 0 Å². The molecule has 20 heavy (non-hydrogen) atoms. The van der Waals surface area contributed by atoms with Crippen LogP contribution in [0.25, 0.3) is 11.3 Å². The van der Waals surface area contributed by atoms with Crippen molar-refractivity contribution < 1.29 is 9.53 Å². The van der Waals surface area contributed by atoms with Crippen LogP contribution >= 0.6 is 11.6 Å².